The Morgan fingerprint density at radius 1 is 1.16 bits per heavy atom. The van der Waals surface area contributed by atoms with Gasteiger partial charge in [-0.15, -0.1) is 0 Å². The summed E-state index contributed by atoms with van der Waals surface area (Å²) in [6.07, 6.45) is 8.34. The van der Waals surface area contributed by atoms with Crippen molar-refractivity contribution in [3.63, 3.8) is 0 Å². The van der Waals surface area contributed by atoms with Crippen molar-refractivity contribution in [2.24, 2.45) is 5.92 Å². The molecule has 0 atom stereocenters. The van der Waals surface area contributed by atoms with Gasteiger partial charge in [0, 0.05) is 25.5 Å². The van der Waals surface area contributed by atoms with Gasteiger partial charge in [-0.3, -0.25) is 0 Å². The molecule has 1 aromatic heterocycles. The minimum Gasteiger partial charge on any atom is -0.475 e. The molecule has 0 aliphatic carbocycles. The van der Waals surface area contributed by atoms with E-state index in [0.29, 0.717) is 11.8 Å². The van der Waals surface area contributed by atoms with E-state index in [4.69, 9.17) is 4.74 Å². The van der Waals surface area contributed by atoms with Crippen LogP contribution in [0.25, 0.3) is 0 Å². The van der Waals surface area contributed by atoms with Gasteiger partial charge in [-0.1, -0.05) is 0 Å². The summed E-state index contributed by atoms with van der Waals surface area (Å²) in [7, 11) is 0. The molecule has 0 aromatic carbocycles. The Labute approximate surface area is 114 Å². The molecule has 19 heavy (non-hydrogen) atoms. The molecule has 1 N–H and O–H groups in total. The van der Waals surface area contributed by atoms with Crippen LogP contribution >= 0.6 is 0 Å². The quantitative estimate of drug-likeness (QED) is 0.890. The van der Waals surface area contributed by atoms with Crippen molar-refractivity contribution < 1.29 is 4.74 Å². The number of aromatic nitrogens is 2. The van der Waals surface area contributed by atoms with Crippen LogP contribution in [0.2, 0.25) is 0 Å². The van der Waals surface area contributed by atoms with E-state index in [9.17, 15) is 0 Å². The minimum atomic E-state index is 0.648. The lowest BCUT2D eigenvalue weighted by molar-refractivity contribution is 0.209. The molecular formula is C14H22N4O. The maximum Gasteiger partial charge on any atom is 0.257 e. The highest BCUT2D eigenvalue weighted by molar-refractivity contribution is 5.48. The highest BCUT2D eigenvalue weighted by Gasteiger charge is 2.20. The van der Waals surface area contributed by atoms with Crippen molar-refractivity contribution in [1.29, 1.82) is 0 Å². The topological polar surface area (TPSA) is 50.3 Å². The van der Waals surface area contributed by atoms with Gasteiger partial charge in [-0.2, -0.15) is 0 Å². The smallest absolute Gasteiger partial charge is 0.257 e. The highest BCUT2D eigenvalue weighted by Crippen LogP contribution is 2.26. The van der Waals surface area contributed by atoms with Gasteiger partial charge in [0.2, 0.25) is 0 Å². The number of ether oxygens (including phenoxy) is 1. The predicted octanol–water partition coefficient (Wildman–Crippen LogP) is 1.46. The number of piperidine rings is 1. The normalized spacial score (nSPS) is 20.7. The number of hydrogen-bond donors (Lipinski definition) is 1. The van der Waals surface area contributed by atoms with Crippen LogP contribution in [0.15, 0.2) is 12.4 Å². The Kier molecular flexibility index (Phi) is 4.13. The average molecular weight is 262 g/mol. The molecule has 5 heteroatoms. The third-order valence-electron chi connectivity index (χ3n) is 3.97. The second-order valence-electron chi connectivity index (χ2n) is 5.38. The second-order valence-corrected chi connectivity index (χ2v) is 5.38. The standard InChI is InChI=1S/C14H22N4O/c1-2-10-18(9-1)13-14(17-8-7-16-13)19-11-12-3-5-15-6-4-12/h7-8,12,15H,1-6,9-11H2. The zero-order chi connectivity index (χ0) is 12.9. The summed E-state index contributed by atoms with van der Waals surface area (Å²) in [5, 5.41) is 3.38. The molecule has 2 aliphatic heterocycles. The zero-order valence-corrected chi connectivity index (χ0v) is 11.3. The monoisotopic (exact) mass is 262 g/mol. The maximum atomic E-state index is 5.95. The molecule has 2 aliphatic rings. The number of nitrogens with one attached hydrogen (secondary N) is 1. The fraction of sp³-hybridized carbons (Fsp3) is 0.714. The van der Waals surface area contributed by atoms with Crippen molar-refractivity contribution in [3.8, 4) is 5.88 Å². The first-order valence-corrected chi connectivity index (χ1v) is 7.33. The van der Waals surface area contributed by atoms with E-state index in [2.05, 4.69) is 20.2 Å². The van der Waals surface area contributed by atoms with Crippen LogP contribution in [0.1, 0.15) is 25.7 Å². The van der Waals surface area contributed by atoms with Gasteiger partial charge < -0.3 is 15.0 Å². The molecule has 3 heterocycles. The largest absolute Gasteiger partial charge is 0.475 e. The van der Waals surface area contributed by atoms with Crippen LogP contribution in [0.5, 0.6) is 5.88 Å². The number of rotatable bonds is 4. The molecule has 0 unspecified atom stereocenters. The molecule has 5 nitrogen and oxygen atoms in total. The van der Waals surface area contributed by atoms with Crippen molar-refractivity contribution in [2.75, 3.05) is 37.7 Å². The van der Waals surface area contributed by atoms with E-state index in [0.717, 1.165) is 38.6 Å². The van der Waals surface area contributed by atoms with E-state index in [-0.39, 0.29) is 0 Å². The lowest BCUT2D eigenvalue weighted by Crippen LogP contribution is -2.31. The van der Waals surface area contributed by atoms with Gasteiger partial charge in [0.15, 0.2) is 5.82 Å². The molecule has 0 bridgehead atoms. The molecule has 0 spiro atoms. The van der Waals surface area contributed by atoms with Crippen LogP contribution < -0.4 is 15.0 Å². The highest BCUT2D eigenvalue weighted by atomic mass is 16.5. The lowest BCUT2D eigenvalue weighted by atomic mass is 9.99. The van der Waals surface area contributed by atoms with Crippen LogP contribution in [-0.4, -0.2) is 42.8 Å². The lowest BCUT2D eigenvalue weighted by Gasteiger charge is -2.24. The Morgan fingerprint density at radius 3 is 2.68 bits per heavy atom. The first kappa shape index (κ1) is 12.7. The molecule has 2 fully saturated rings. The van der Waals surface area contributed by atoms with E-state index in [1.807, 2.05) is 0 Å². The van der Waals surface area contributed by atoms with Crippen LogP contribution in [0, 0.1) is 5.92 Å². The van der Waals surface area contributed by atoms with Crippen LogP contribution in [0.3, 0.4) is 0 Å². The fourth-order valence-electron chi connectivity index (χ4n) is 2.81. The molecule has 3 rings (SSSR count). The third-order valence-corrected chi connectivity index (χ3v) is 3.97. The molecule has 0 saturated carbocycles. The summed E-state index contributed by atoms with van der Waals surface area (Å²) in [5.74, 6) is 2.28. The Morgan fingerprint density at radius 2 is 1.89 bits per heavy atom. The Hall–Kier alpha value is -1.36. The van der Waals surface area contributed by atoms with E-state index >= 15 is 0 Å². The minimum absolute atomic E-state index is 0.648. The van der Waals surface area contributed by atoms with Crippen molar-refractivity contribution in [3.05, 3.63) is 12.4 Å². The van der Waals surface area contributed by atoms with Gasteiger partial charge in [0.1, 0.15) is 0 Å². The molecule has 0 amide bonds. The van der Waals surface area contributed by atoms with Gasteiger partial charge in [-0.25, -0.2) is 9.97 Å². The van der Waals surface area contributed by atoms with E-state index < -0.39 is 0 Å². The van der Waals surface area contributed by atoms with E-state index in [1.165, 1.54) is 25.7 Å². The molecule has 104 valence electrons. The zero-order valence-electron chi connectivity index (χ0n) is 11.3. The van der Waals surface area contributed by atoms with Crippen molar-refractivity contribution >= 4 is 5.82 Å². The summed E-state index contributed by atoms with van der Waals surface area (Å²) in [4.78, 5) is 11.1. The second kappa shape index (κ2) is 6.19. The third kappa shape index (κ3) is 3.15. The van der Waals surface area contributed by atoms with Crippen LogP contribution in [0.4, 0.5) is 5.82 Å². The molecular weight excluding hydrogens is 240 g/mol. The number of hydrogen-bond acceptors (Lipinski definition) is 5. The number of nitrogens with zero attached hydrogens (tertiary/aromatic N) is 3. The average Bonchev–Trinajstić information content (AvgIpc) is 3.01. The molecule has 2 saturated heterocycles. The van der Waals surface area contributed by atoms with Gasteiger partial charge in [0.25, 0.3) is 5.88 Å². The van der Waals surface area contributed by atoms with E-state index in [1.54, 1.807) is 12.4 Å². The summed E-state index contributed by atoms with van der Waals surface area (Å²) >= 11 is 0. The molecule has 0 radical (unpaired) electrons. The summed E-state index contributed by atoms with van der Waals surface area (Å²) in [6, 6.07) is 0. The summed E-state index contributed by atoms with van der Waals surface area (Å²) in [5.41, 5.74) is 0. The maximum absolute atomic E-state index is 5.95. The first-order chi connectivity index (χ1) is 9.43. The summed E-state index contributed by atoms with van der Waals surface area (Å²) < 4.78 is 5.95. The predicted molar refractivity (Wildman–Crippen MR) is 74.6 cm³/mol. The Balaban J connectivity index is 1.62. The SMILES string of the molecule is c1cnc(N2CCCC2)c(OCC2CCNCC2)n1. The van der Waals surface area contributed by atoms with Crippen molar-refractivity contribution in [1.82, 2.24) is 15.3 Å². The van der Waals surface area contributed by atoms with Gasteiger partial charge >= 0.3 is 0 Å². The summed E-state index contributed by atoms with van der Waals surface area (Å²) in [6.45, 7) is 5.12. The Bertz CT molecular complexity index is 400. The van der Waals surface area contributed by atoms with Gasteiger partial charge in [-0.05, 0) is 44.7 Å². The molecule has 1 aromatic rings. The van der Waals surface area contributed by atoms with Crippen molar-refractivity contribution in [2.45, 2.75) is 25.7 Å². The van der Waals surface area contributed by atoms with Gasteiger partial charge in [0.05, 0.1) is 6.61 Å². The fourth-order valence-corrected chi connectivity index (χ4v) is 2.81. The van der Waals surface area contributed by atoms with Crippen LogP contribution in [-0.2, 0) is 0 Å². The number of anilines is 1. The first-order valence-electron chi connectivity index (χ1n) is 7.33.